The number of nitrogens with one attached hydrogen (secondary N) is 1. The topological polar surface area (TPSA) is 46.5 Å². The van der Waals surface area contributed by atoms with Gasteiger partial charge in [-0.25, -0.2) is 4.79 Å². The summed E-state index contributed by atoms with van der Waals surface area (Å²) in [6.45, 7) is 7.96. The number of amides is 2. The van der Waals surface area contributed by atoms with Crippen molar-refractivity contribution in [2.24, 2.45) is 5.92 Å². The molecule has 5 nitrogen and oxygen atoms in total. The predicted octanol–water partition coefficient (Wildman–Crippen LogP) is 4.05. The number of ether oxygens (including phenoxy) is 1. The molecule has 128 valence electrons. The zero-order valence-electron chi connectivity index (χ0n) is 14.7. The van der Waals surface area contributed by atoms with E-state index in [0.717, 1.165) is 6.54 Å². The molecule has 1 atom stereocenters. The van der Waals surface area contributed by atoms with E-state index in [9.17, 15) is 4.79 Å². The third-order valence-corrected chi connectivity index (χ3v) is 4.68. The highest BCUT2D eigenvalue weighted by atomic mass is 16.5. The molecule has 0 unspecified atom stereocenters. The summed E-state index contributed by atoms with van der Waals surface area (Å²) in [4.78, 5) is 14.9. The van der Waals surface area contributed by atoms with Crippen LogP contribution in [0, 0.1) is 12.8 Å². The minimum Gasteiger partial charge on any atom is -0.495 e. The molecule has 0 spiro atoms. The van der Waals surface area contributed by atoms with Gasteiger partial charge < -0.3 is 19.5 Å². The van der Waals surface area contributed by atoms with Crippen LogP contribution in [-0.2, 0) is 6.54 Å². The number of carbonyl (C=O) groups is 1. The summed E-state index contributed by atoms with van der Waals surface area (Å²) < 4.78 is 7.65. The van der Waals surface area contributed by atoms with Crippen molar-refractivity contribution in [2.45, 2.75) is 33.4 Å². The molecule has 1 aromatic carbocycles. The van der Waals surface area contributed by atoms with Crippen LogP contribution in [0.3, 0.4) is 0 Å². The van der Waals surface area contributed by atoms with Gasteiger partial charge in [0.15, 0.2) is 0 Å². The highest BCUT2D eigenvalue weighted by molar-refractivity contribution is 5.91. The number of rotatable bonds is 3. The predicted molar refractivity (Wildman–Crippen MR) is 95.5 cm³/mol. The second-order valence-corrected chi connectivity index (χ2v) is 6.56. The molecule has 0 bridgehead atoms. The minimum atomic E-state index is -0.0803. The van der Waals surface area contributed by atoms with E-state index in [2.05, 4.69) is 42.8 Å². The van der Waals surface area contributed by atoms with Crippen molar-refractivity contribution < 1.29 is 9.53 Å². The number of aromatic nitrogens is 1. The Kier molecular flexibility index (Phi) is 4.51. The Morgan fingerprint density at radius 1 is 1.21 bits per heavy atom. The van der Waals surface area contributed by atoms with Crippen LogP contribution in [0.15, 0.2) is 36.4 Å². The highest BCUT2D eigenvalue weighted by Crippen LogP contribution is 2.34. The molecule has 0 aliphatic carbocycles. The first-order valence-electron chi connectivity index (χ1n) is 8.39. The van der Waals surface area contributed by atoms with E-state index in [1.807, 2.05) is 29.2 Å². The van der Waals surface area contributed by atoms with Crippen molar-refractivity contribution in [3.63, 3.8) is 0 Å². The summed E-state index contributed by atoms with van der Waals surface area (Å²) in [5, 5.41) is 3.01. The van der Waals surface area contributed by atoms with Gasteiger partial charge >= 0.3 is 6.03 Å². The second kappa shape index (κ2) is 6.59. The standard InChI is InChI=1S/C19H25N3O2/c1-13(2)18-16-10-9-14(3)21(16)11-12-22(18)19(23)20-15-7-5-6-8-17(15)24-4/h5-10,13,18H,11-12H2,1-4H3,(H,20,23)/t18-/m0/s1. The van der Waals surface area contributed by atoms with Crippen LogP contribution in [0.4, 0.5) is 10.5 Å². The molecule has 1 aliphatic rings. The molecule has 2 amide bonds. The van der Waals surface area contributed by atoms with Crippen LogP contribution < -0.4 is 10.1 Å². The Bertz CT molecular complexity index is 736. The summed E-state index contributed by atoms with van der Waals surface area (Å²) in [7, 11) is 1.61. The lowest BCUT2D eigenvalue weighted by Gasteiger charge is -2.39. The van der Waals surface area contributed by atoms with Crippen molar-refractivity contribution >= 4 is 11.7 Å². The van der Waals surface area contributed by atoms with E-state index in [0.29, 0.717) is 23.9 Å². The van der Waals surface area contributed by atoms with Gasteiger partial charge in [0.2, 0.25) is 0 Å². The maximum atomic E-state index is 12.9. The SMILES string of the molecule is COc1ccccc1NC(=O)N1CCn2c(C)ccc2[C@@H]1C(C)C. The average Bonchev–Trinajstić information content (AvgIpc) is 2.95. The molecule has 2 aromatic rings. The molecular weight excluding hydrogens is 302 g/mol. The molecular formula is C19H25N3O2. The van der Waals surface area contributed by atoms with E-state index >= 15 is 0 Å². The van der Waals surface area contributed by atoms with Crippen LogP contribution in [-0.4, -0.2) is 29.2 Å². The largest absolute Gasteiger partial charge is 0.495 e. The van der Waals surface area contributed by atoms with Gasteiger partial charge in [0.05, 0.1) is 18.8 Å². The molecule has 1 N–H and O–H groups in total. The summed E-state index contributed by atoms with van der Waals surface area (Å²) in [6.07, 6.45) is 0. The molecule has 2 heterocycles. The second-order valence-electron chi connectivity index (χ2n) is 6.56. The first-order chi connectivity index (χ1) is 11.5. The Balaban J connectivity index is 1.86. The Morgan fingerprint density at radius 3 is 2.67 bits per heavy atom. The molecule has 0 radical (unpaired) electrons. The van der Waals surface area contributed by atoms with Crippen LogP contribution in [0.1, 0.15) is 31.3 Å². The number of carbonyl (C=O) groups excluding carboxylic acids is 1. The minimum absolute atomic E-state index is 0.0714. The van der Waals surface area contributed by atoms with E-state index in [4.69, 9.17) is 4.74 Å². The van der Waals surface area contributed by atoms with Gasteiger partial charge in [0.1, 0.15) is 5.75 Å². The quantitative estimate of drug-likeness (QED) is 0.924. The molecule has 0 saturated heterocycles. The average molecular weight is 327 g/mol. The molecule has 0 saturated carbocycles. The van der Waals surface area contributed by atoms with Crippen molar-refractivity contribution in [1.29, 1.82) is 0 Å². The van der Waals surface area contributed by atoms with Gasteiger partial charge in [-0.3, -0.25) is 0 Å². The molecule has 5 heteroatoms. The Hall–Kier alpha value is -2.43. The molecule has 1 aliphatic heterocycles. The maximum Gasteiger partial charge on any atom is 0.322 e. The number of hydrogen-bond acceptors (Lipinski definition) is 2. The van der Waals surface area contributed by atoms with Crippen molar-refractivity contribution in [3.05, 3.63) is 47.8 Å². The fourth-order valence-corrected chi connectivity index (χ4v) is 3.52. The van der Waals surface area contributed by atoms with E-state index in [1.165, 1.54) is 11.4 Å². The van der Waals surface area contributed by atoms with E-state index in [1.54, 1.807) is 7.11 Å². The van der Waals surface area contributed by atoms with Gasteiger partial charge in [-0.1, -0.05) is 26.0 Å². The fourth-order valence-electron chi connectivity index (χ4n) is 3.52. The zero-order chi connectivity index (χ0) is 17.3. The van der Waals surface area contributed by atoms with E-state index in [-0.39, 0.29) is 12.1 Å². The lowest BCUT2D eigenvalue weighted by molar-refractivity contribution is 0.143. The van der Waals surface area contributed by atoms with Crippen LogP contribution >= 0.6 is 0 Å². The van der Waals surface area contributed by atoms with Gasteiger partial charge in [0.25, 0.3) is 0 Å². The summed E-state index contributed by atoms with van der Waals surface area (Å²) >= 11 is 0. The summed E-state index contributed by atoms with van der Waals surface area (Å²) in [6, 6.07) is 11.8. The first-order valence-corrected chi connectivity index (χ1v) is 8.39. The number of hydrogen-bond donors (Lipinski definition) is 1. The number of nitrogens with zero attached hydrogens (tertiary/aromatic N) is 2. The molecule has 1 aromatic heterocycles. The van der Waals surface area contributed by atoms with Gasteiger partial charge in [-0.05, 0) is 37.1 Å². The van der Waals surface area contributed by atoms with Gasteiger partial charge in [0, 0.05) is 24.5 Å². The lowest BCUT2D eigenvalue weighted by Crippen LogP contribution is -2.46. The third-order valence-electron chi connectivity index (χ3n) is 4.68. The fraction of sp³-hybridized carbons (Fsp3) is 0.421. The summed E-state index contributed by atoms with van der Waals surface area (Å²) in [5.41, 5.74) is 3.16. The Morgan fingerprint density at radius 2 is 1.96 bits per heavy atom. The Labute approximate surface area is 143 Å². The van der Waals surface area contributed by atoms with Crippen LogP contribution in [0.2, 0.25) is 0 Å². The van der Waals surface area contributed by atoms with Crippen molar-refractivity contribution in [1.82, 2.24) is 9.47 Å². The van der Waals surface area contributed by atoms with Gasteiger partial charge in [-0.2, -0.15) is 0 Å². The summed E-state index contributed by atoms with van der Waals surface area (Å²) in [5.74, 6) is 1.00. The number of methoxy groups -OCH3 is 1. The normalized spacial score (nSPS) is 16.9. The number of fused-ring (bicyclic) bond motifs is 1. The van der Waals surface area contributed by atoms with E-state index < -0.39 is 0 Å². The number of benzene rings is 1. The van der Waals surface area contributed by atoms with Crippen LogP contribution in [0.25, 0.3) is 0 Å². The van der Waals surface area contributed by atoms with Crippen LogP contribution in [0.5, 0.6) is 5.75 Å². The third kappa shape index (κ3) is 2.86. The molecule has 24 heavy (non-hydrogen) atoms. The smallest absolute Gasteiger partial charge is 0.322 e. The lowest BCUT2D eigenvalue weighted by atomic mass is 9.97. The van der Waals surface area contributed by atoms with Crippen molar-refractivity contribution in [3.8, 4) is 5.75 Å². The number of aryl methyl sites for hydroxylation is 1. The maximum absolute atomic E-state index is 12.9. The zero-order valence-corrected chi connectivity index (χ0v) is 14.7. The number of urea groups is 1. The monoisotopic (exact) mass is 327 g/mol. The first kappa shape index (κ1) is 16.4. The number of anilines is 1. The highest BCUT2D eigenvalue weighted by Gasteiger charge is 2.33. The molecule has 3 rings (SSSR count). The van der Waals surface area contributed by atoms with Crippen molar-refractivity contribution in [2.75, 3.05) is 19.0 Å². The van der Waals surface area contributed by atoms with Gasteiger partial charge in [-0.15, -0.1) is 0 Å². The molecule has 0 fully saturated rings. The number of para-hydroxylation sites is 2.